The van der Waals surface area contributed by atoms with Gasteiger partial charge in [-0.1, -0.05) is 18.0 Å². The maximum absolute atomic E-state index is 12.4. The second-order valence-corrected chi connectivity index (χ2v) is 7.71. The van der Waals surface area contributed by atoms with Crippen molar-refractivity contribution in [1.29, 1.82) is 0 Å². The minimum Gasteiger partial charge on any atom is -0.349 e. The molecule has 130 valence electrons. The van der Waals surface area contributed by atoms with Crippen LogP contribution in [0, 0.1) is 0 Å². The first-order chi connectivity index (χ1) is 11.7. The number of carbonyl (C=O) groups is 1. The predicted octanol–water partition coefficient (Wildman–Crippen LogP) is 3.50. The summed E-state index contributed by atoms with van der Waals surface area (Å²) in [6.45, 7) is 6.59. The van der Waals surface area contributed by atoms with Crippen LogP contribution in [0.25, 0.3) is 10.6 Å². The number of amides is 1. The van der Waals surface area contributed by atoms with Crippen molar-refractivity contribution in [3.05, 3.63) is 28.2 Å². The SMILES string of the molecule is CCn1nc(C(=O)NCCN2CCCCC2)cc1-c1ccc(Cl)s1. The van der Waals surface area contributed by atoms with Gasteiger partial charge >= 0.3 is 0 Å². The Kier molecular flexibility index (Phi) is 5.92. The van der Waals surface area contributed by atoms with E-state index < -0.39 is 0 Å². The maximum Gasteiger partial charge on any atom is 0.271 e. The number of halogens is 1. The summed E-state index contributed by atoms with van der Waals surface area (Å²) in [7, 11) is 0. The highest BCUT2D eigenvalue weighted by Crippen LogP contribution is 2.31. The highest BCUT2D eigenvalue weighted by Gasteiger charge is 2.16. The Morgan fingerprint density at radius 1 is 1.33 bits per heavy atom. The van der Waals surface area contributed by atoms with E-state index in [9.17, 15) is 4.79 Å². The first kappa shape index (κ1) is 17.5. The van der Waals surface area contributed by atoms with E-state index >= 15 is 0 Å². The first-order valence-corrected chi connectivity index (χ1v) is 9.71. The second kappa shape index (κ2) is 8.14. The zero-order valence-electron chi connectivity index (χ0n) is 13.9. The third-order valence-corrected chi connectivity index (χ3v) is 5.55. The average Bonchev–Trinajstić information content (AvgIpc) is 3.21. The fourth-order valence-corrected chi connectivity index (χ4v) is 4.08. The summed E-state index contributed by atoms with van der Waals surface area (Å²) in [5, 5.41) is 7.42. The van der Waals surface area contributed by atoms with Crippen LogP contribution in [0.2, 0.25) is 4.34 Å². The van der Waals surface area contributed by atoms with Crippen LogP contribution in [-0.2, 0) is 6.54 Å². The van der Waals surface area contributed by atoms with Crippen LogP contribution in [0.1, 0.15) is 36.7 Å². The van der Waals surface area contributed by atoms with Crippen LogP contribution < -0.4 is 5.32 Å². The number of rotatable bonds is 6. The van der Waals surface area contributed by atoms with Crippen LogP contribution in [0.3, 0.4) is 0 Å². The van der Waals surface area contributed by atoms with E-state index in [0.717, 1.165) is 34.5 Å². The van der Waals surface area contributed by atoms with Gasteiger partial charge in [0.15, 0.2) is 5.69 Å². The lowest BCUT2D eigenvalue weighted by Crippen LogP contribution is -2.37. The molecular formula is C17H23ClN4OS. The lowest BCUT2D eigenvalue weighted by Gasteiger charge is -2.26. The molecule has 2 aromatic heterocycles. The van der Waals surface area contributed by atoms with Gasteiger partial charge in [0.2, 0.25) is 0 Å². The summed E-state index contributed by atoms with van der Waals surface area (Å²) in [5.74, 6) is -0.108. The number of thiophene rings is 1. The molecular weight excluding hydrogens is 344 g/mol. The highest BCUT2D eigenvalue weighted by atomic mass is 35.5. The molecule has 0 aromatic carbocycles. The molecule has 1 aliphatic rings. The van der Waals surface area contributed by atoms with Gasteiger partial charge in [-0.15, -0.1) is 11.3 Å². The van der Waals surface area contributed by atoms with E-state index in [1.807, 2.05) is 29.8 Å². The molecule has 5 nitrogen and oxygen atoms in total. The highest BCUT2D eigenvalue weighted by molar-refractivity contribution is 7.19. The molecule has 3 rings (SSSR count). The van der Waals surface area contributed by atoms with Crippen LogP contribution in [0.4, 0.5) is 0 Å². The third-order valence-electron chi connectivity index (χ3n) is 4.30. The van der Waals surface area contributed by atoms with Crippen LogP contribution in [0.15, 0.2) is 18.2 Å². The van der Waals surface area contributed by atoms with Crippen LogP contribution in [-0.4, -0.2) is 46.8 Å². The predicted molar refractivity (Wildman–Crippen MR) is 98.8 cm³/mol. The smallest absolute Gasteiger partial charge is 0.271 e. The number of piperidine rings is 1. The summed E-state index contributed by atoms with van der Waals surface area (Å²) in [4.78, 5) is 15.8. The number of carbonyl (C=O) groups excluding carboxylic acids is 1. The van der Waals surface area contributed by atoms with Crippen molar-refractivity contribution < 1.29 is 4.79 Å². The summed E-state index contributed by atoms with van der Waals surface area (Å²) in [6, 6.07) is 5.68. The Balaban J connectivity index is 1.61. The van der Waals surface area contributed by atoms with Crippen molar-refractivity contribution in [1.82, 2.24) is 20.0 Å². The molecule has 24 heavy (non-hydrogen) atoms. The summed E-state index contributed by atoms with van der Waals surface area (Å²) < 4.78 is 2.59. The van der Waals surface area contributed by atoms with Crippen molar-refractivity contribution in [2.75, 3.05) is 26.2 Å². The van der Waals surface area contributed by atoms with Gasteiger partial charge in [-0.2, -0.15) is 5.10 Å². The largest absolute Gasteiger partial charge is 0.349 e. The molecule has 0 spiro atoms. The fourth-order valence-electron chi connectivity index (χ4n) is 3.02. The fraction of sp³-hybridized carbons (Fsp3) is 0.529. The summed E-state index contributed by atoms with van der Waals surface area (Å²) in [6.07, 6.45) is 3.86. The number of aryl methyl sites for hydroxylation is 1. The first-order valence-electron chi connectivity index (χ1n) is 8.51. The number of likely N-dealkylation sites (tertiary alicyclic amines) is 1. The number of nitrogens with one attached hydrogen (secondary N) is 1. The molecule has 0 unspecified atom stereocenters. The van der Waals surface area contributed by atoms with Gasteiger partial charge in [0.1, 0.15) is 0 Å². The van der Waals surface area contributed by atoms with Crippen molar-refractivity contribution in [3.8, 4) is 10.6 Å². The molecule has 1 fully saturated rings. The van der Waals surface area contributed by atoms with Crippen molar-refractivity contribution in [2.45, 2.75) is 32.7 Å². The Labute approximate surface area is 151 Å². The molecule has 0 atom stereocenters. The van der Waals surface area contributed by atoms with Gasteiger partial charge in [0, 0.05) is 19.6 Å². The molecule has 0 bridgehead atoms. The standard InChI is InChI=1S/C17H23ClN4OS/c1-2-22-14(15-6-7-16(18)24-15)12-13(20-22)17(23)19-8-11-21-9-4-3-5-10-21/h6-7,12H,2-5,8-11H2,1H3,(H,19,23). The van der Waals surface area contributed by atoms with Gasteiger partial charge in [-0.3, -0.25) is 9.48 Å². The average molecular weight is 367 g/mol. The molecule has 0 aliphatic carbocycles. The van der Waals surface area contributed by atoms with Gasteiger partial charge in [-0.25, -0.2) is 0 Å². The molecule has 2 aromatic rings. The van der Waals surface area contributed by atoms with E-state index in [1.165, 1.54) is 30.6 Å². The Bertz CT molecular complexity index is 691. The molecule has 1 saturated heterocycles. The van der Waals surface area contributed by atoms with E-state index in [1.54, 1.807) is 0 Å². The monoisotopic (exact) mass is 366 g/mol. The Hall–Kier alpha value is -1.37. The van der Waals surface area contributed by atoms with Gasteiger partial charge in [0.25, 0.3) is 5.91 Å². The Morgan fingerprint density at radius 3 is 2.79 bits per heavy atom. The zero-order valence-corrected chi connectivity index (χ0v) is 15.5. The lowest BCUT2D eigenvalue weighted by atomic mass is 10.1. The van der Waals surface area contributed by atoms with Crippen molar-refractivity contribution in [2.24, 2.45) is 0 Å². The van der Waals surface area contributed by atoms with Gasteiger partial charge in [-0.05, 0) is 51.1 Å². The third kappa shape index (κ3) is 4.18. The van der Waals surface area contributed by atoms with Gasteiger partial charge < -0.3 is 10.2 Å². The van der Waals surface area contributed by atoms with E-state index in [4.69, 9.17) is 11.6 Å². The quantitative estimate of drug-likeness (QED) is 0.851. The van der Waals surface area contributed by atoms with E-state index in [2.05, 4.69) is 15.3 Å². The molecule has 0 radical (unpaired) electrons. The summed E-state index contributed by atoms with van der Waals surface area (Å²) >= 11 is 7.52. The minimum atomic E-state index is -0.108. The van der Waals surface area contributed by atoms with E-state index in [0.29, 0.717) is 18.8 Å². The normalized spacial score (nSPS) is 15.6. The minimum absolute atomic E-state index is 0.108. The zero-order chi connectivity index (χ0) is 16.9. The number of aromatic nitrogens is 2. The molecule has 0 saturated carbocycles. The molecule has 3 heterocycles. The number of nitrogens with zero attached hydrogens (tertiary/aromatic N) is 3. The topological polar surface area (TPSA) is 50.2 Å². The number of hydrogen-bond acceptors (Lipinski definition) is 4. The molecule has 1 N–H and O–H groups in total. The van der Waals surface area contributed by atoms with Crippen molar-refractivity contribution >= 4 is 28.8 Å². The second-order valence-electron chi connectivity index (χ2n) is 5.99. The van der Waals surface area contributed by atoms with Crippen LogP contribution >= 0.6 is 22.9 Å². The summed E-state index contributed by atoms with van der Waals surface area (Å²) in [5.41, 5.74) is 1.41. The van der Waals surface area contributed by atoms with Crippen LogP contribution in [0.5, 0.6) is 0 Å². The molecule has 7 heteroatoms. The lowest BCUT2D eigenvalue weighted by molar-refractivity contribution is 0.0940. The molecule has 1 amide bonds. The maximum atomic E-state index is 12.4. The number of hydrogen-bond donors (Lipinski definition) is 1. The Morgan fingerprint density at radius 2 is 2.12 bits per heavy atom. The van der Waals surface area contributed by atoms with Crippen molar-refractivity contribution in [3.63, 3.8) is 0 Å². The molecule has 1 aliphatic heterocycles. The van der Waals surface area contributed by atoms with Gasteiger partial charge in [0.05, 0.1) is 14.9 Å². The van der Waals surface area contributed by atoms with E-state index in [-0.39, 0.29) is 5.91 Å².